The molecule has 4 nitrogen and oxygen atoms in total. The van der Waals surface area contributed by atoms with Crippen LogP contribution in [0, 0.1) is 5.92 Å². The van der Waals surface area contributed by atoms with Gasteiger partial charge in [0.25, 0.3) is 0 Å². The fraction of sp³-hybridized carbons (Fsp3) is 0.500. The quantitative estimate of drug-likeness (QED) is 0.854. The lowest BCUT2D eigenvalue weighted by molar-refractivity contribution is -0.147. The third kappa shape index (κ3) is 4.23. The van der Waals surface area contributed by atoms with E-state index < -0.39 is 11.9 Å². The fourth-order valence-electron chi connectivity index (χ4n) is 2.78. The van der Waals surface area contributed by atoms with E-state index >= 15 is 0 Å². The van der Waals surface area contributed by atoms with Crippen LogP contribution in [0.25, 0.3) is 0 Å². The SMILES string of the molecule is CC1CCC(C(=O)O)CN1C(=O)CCc1cc(Cl)ccc1Br. The lowest BCUT2D eigenvalue weighted by atomic mass is 9.93. The molecule has 1 N–H and O–H groups in total. The molecule has 0 radical (unpaired) electrons. The van der Waals surface area contributed by atoms with E-state index in [1.54, 1.807) is 11.0 Å². The Bertz CT molecular complexity index is 579. The van der Waals surface area contributed by atoms with Crippen LogP contribution in [-0.4, -0.2) is 34.5 Å². The summed E-state index contributed by atoms with van der Waals surface area (Å²) in [5, 5.41) is 9.78. The van der Waals surface area contributed by atoms with Crippen LogP contribution in [0.5, 0.6) is 0 Å². The summed E-state index contributed by atoms with van der Waals surface area (Å²) in [4.78, 5) is 25.3. The minimum atomic E-state index is -0.817. The number of benzene rings is 1. The Morgan fingerprint density at radius 1 is 1.41 bits per heavy atom. The molecule has 0 saturated carbocycles. The van der Waals surface area contributed by atoms with Crippen LogP contribution in [0.2, 0.25) is 5.02 Å². The smallest absolute Gasteiger partial charge is 0.308 e. The molecule has 1 amide bonds. The molecule has 1 aromatic rings. The molecule has 0 aromatic heterocycles. The zero-order chi connectivity index (χ0) is 16.3. The van der Waals surface area contributed by atoms with Gasteiger partial charge in [0.05, 0.1) is 5.92 Å². The van der Waals surface area contributed by atoms with E-state index in [9.17, 15) is 9.59 Å². The standard InChI is InChI=1S/C16H19BrClNO3/c1-10-2-3-12(16(21)22)9-19(10)15(20)7-4-11-8-13(18)5-6-14(11)17/h5-6,8,10,12H,2-4,7,9H2,1H3,(H,21,22). The number of hydrogen-bond acceptors (Lipinski definition) is 2. The first-order valence-electron chi connectivity index (χ1n) is 7.34. The molecule has 0 bridgehead atoms. The van der Waals surface area contributed by atoms with Crippen LogP contribution in [0.15, 0.2) is 22.7 Å². The lowest BCUT2D eigenvalue weighted by Crippen LogP contribution is -2.47. The summed E-state index contributed by atoms with van der Waals surface area (Å²) in [5.41, 5.74) is 0.986. The van der Waals surface area contributed by atoms with Gasteiger partial charge in [-0.25, -0.2) is 0 Å². The van der Waals surface area contributed by atoms with Crippen LogP contribution in [0.3, 0.4) is 0 Å². The minimum Gasteiger partial charge on any atom is -0.481 e. The largest absolute Gasteiger partial charge is 0.481 e. The van der Waals surface area contributed by atoms with Gasteiger partial charge >= 0.3 is 5.97 Å². The Hall–Kier alpha value is -1.07. The molecule has 2 atom stereocenters. The van der Waals surface area contributed by atoms with Crippen molar-refractivity contribution in [3.63, 3.8) is 0 Å². The number of likely N-dealkylation sites (tertiary alicyclic amines) is 1. The average molecular weight is 389 g/mol. The maximum Gasteiger partial charge on any atom is 0.308 e. The summed E-state index contributed by atoms with van der Waals surface area (Å²) in [7, 11) is 0. The van der Waals surface area contributed by atoms with E-state index in [1.165, 1.54) is 0 Å². The highest BCUT2D eigenvalue weighted by molar-refractivity contribution is 9.10. The van der Waals surface area contributed by atoms with Gasteiger partial charge in [-0.1, -0.05) is 27.5 Å². The van der Waals surface area contributed by atoms with Crippen molar-refractivity contribution in [2.75, 3.05) is 6.54 Å². The van der Waals surface area contributed by atoms with Gasteiger partial charge in [0.15, 0.2) is 0 Å². The van der Waals surface area contributed by atoms with E-state index in [1.807, 2.05) is 19.1 Å². The predicted molar refractivity (Wildman–Crippen MR) is 89.0 cm³/mol. The van der Waals surface area contributed by atoms with Gasteiger partial charge in [0.1, 0.15) is 0 Å². The zero-order valence-corrected chi connectivity index (χ0v) is 14.7. The molecule has 1 aliphatic rings. The summed E-state index contributed by atoms with van der Waals surface area (Å²) >= 11 is 9.43. The second-order valence-electron chi connectivity index (χ2n) is 5.74. The summed E-state index contributed by atoms with van der Waals surface area (Å²) < 4.78 is 0.930. The molecular weight excluding hydrogens is 370 g/mol. The highest BCUT2D eigenvalue weighted by Gasteiger charge is 2.32. The summed E-state index contributed by atoms with van der Waals surface area (Å²) in [5.74, 6) is -1.26. The van der Waals surface area contributed by atoms with Crippen LogP contribution in [-0.2, 0) is 16.0 Å². The number of amides is 1. The number of carbonyl (C=O) groups excluding carboxylic acids is 1. The molecule has 1 fully saturated rings. The number of carboxylic acids is 1. The molecule has 120 valence electrons. The van der Waals surface area contributed by atoms with Crippen molar-refractivity contribution in [1.29, 1.82) is 0 Å². The third-order valence-electron chi connectivity index (χ3n) is 4.17. The number of carbonyl (C=O) groups is 2. The summed E-state index contributed by atoms with van der Waals surface area (Å²) in [6, 6.07) is 5.61. The first-order valence-corrected chi connectivity index (χ1v) is 8.51. The molecule has 0 aliphatic carbocycles. The average Bonchev–Trinajstić information content (AvgIpc) is 2.48. The minimum absolute atomic E-state index is 0.00493. The normalized spacial score (nSPS) is 21.7. The van der Waals surface area contributed by atoms with Crippen LogP contribution in [0.1, 0.15) is 31.7 Å². The van der Waals surface area contributed by atoms with Gasteiger partial charge in [-0.2, -0.15) is 0 Å². The van der Waals surface area contributed by atoms with Gasteiger partial charge in [-0.15, -0.1) is 0 Å². The Kier molecular flexibility index (Phi) is 5.87. The number of rotatable bonds is 4. The van der Waals surface area contributed by atoms with Crippen molar-refractivity contribution in [3.05, 3.63) is 33.3 Å². The molecule has 0 spiro atoms. The second-order valence-corrected chi connectivity index (χ2v) is 7.03. The zero-order valence-electron chi connectivity index (χ0n) is 12.4. The van der Waals surface area contributed by atoms with Crippen LogP contribution >= 0.6 is 27.5 Å². The van der Waals surface area contributed by atoms with Gasteiger partial charge in [0.2, 0.25) is 5.91 Å². The number of nitrogens with zero attached hydrogens (tertiary/aromatic N) is 1. The van der Waals surface area contributed by atoms with Crippen LogP contribution in [0.4, 0.5) is 0 Å². The molecule has 2 unspecified atom stereocenters. The highest BCUT2D eigenvalue weighted by Crippen LogP contribution is 2.25. The van der Waals surface area contributed by atoms with E-state index in [4.69, 9.17) is 16.7 Å². The van der Waals surface area contributed by atoms with Crippen LogP contribution < -0.4 is 0 Å². The van der Waals surface area contributed by atoms with Gasteiger partial charge < -0.3 is 10.0 Å². The summed E-state index contributed by atoms with van der Waals surface area (Å²) in [6.45, 7) is 2.29. The van der Waals surface area contributed by atoms with Crippen molar-refractivity contribution >= 4 is 39.4 Å². The van der Waals surface area contributed by atoms with Gasteiger partial charge in [-0.3, -0.25) is 9.59 Å². The van der Waals surface area contributed by atoms with Crippen molar-refractivity contribution in [1.82, 2.24) is 4.90 Å². The molecule has 1 aromatic carbocycles. The molecule has 1 aliphatic heterocycles. The number of halogens is 2. The Morgan fingerprint density at radius 3 is 2.82 bits per heavy atom. The maximum absolute atomic E-state index is 12.4. The molecule has 1 saturated heterocycles. The number of piperidine rings is 1. The van der Waals surface area contributed by atoms with E-state index in [-0.39, 0.29) is 11.9 Å². The lowest BCUT2D eigenvalue weighted by Gasteiger charge is -2.36. The first kappa shape index (κ1) is 17.3. The third-order valence-corrected chi connectivity index (χ3v) is 5.18. The van der Waals surface area contributed by atoms with Crippen molar-refractivity contribution in [3.8, 4) is 0 Å². The Balaban J connectivity index is 1.98. The topological polar surface area (TPSA) is 57.6 Å². The van der Waals surface area contributed by atoms with Gasteiger partial charge in [-0.05, 0) is 49.9 Å². The Labute approximate surface area is 143 Å². The van der Waals surface area contributed by atoms with E-state index in [2.05, 4.69) is 15.9 Å². The molecular formula is C16H19BrClNO3. The Morgan fingerprint density at radius 2 is 2.14 bits per heavy atom. The van der Waals surface area contributed by atoms with Crippen molar-refractivity contribution < 1.29 is 14.7 Å². The number of aliphatic carboxylic acids is 1. The monoisotopic (exact) mass is 387 g/mol. The van der Waals surface area contributed by atoms with Crippen molar-refractivity contribution in [2.45, 2.75) is 38.6 Å². The fourth-order valence-corrected chi connectivity index (χ4v) is 3.42. The van der Waals surface area contributed by atoms with Gasteiger partial charge in [0, 0.05) is 28.5 Å². The number of aryl methyl sites for hydroxylation is 1. The molecule has 2 rings (SSSR count). The van der Waals surface area contributed by atoms with E-state index in [0.29, 0.717) is 30.8 Å². The highest BCUT2D eigenvalue weighted by atomic mass is 79.9. The molecule has 1 heterocycles. The summed E-state index contributed by atoms with van der Waals surface area (Å²) in [6.07, 6.45) is 2.32. The maximum atomic E-state index is 12.4. The first-order chi connectivity index (χ1) is 10.4. The predicted octanol–water partition coefficient (Wildman–Crippen LogP) is 3.75. The molecule has 22 heavy (non-hydrogen) atoms. The second kappa shape index (κ2) is 7.47. The van der Waals surface area contributed by atoms with Crippen molar-refractivity contribution in [2.24, 2.45) is 5.92 Å². The number of hydrogen-bond donors (Lipinski definition) is 1. The van der Waals surface area contributed by atoms with E-state index in [0.717, 1.165) is 16.5 Å². The molecule has 6 heteroatoms. The number of carboxylic acid groups (broad SMARTS) is 1.